The lowest BCUT2D eigenvalue weighted by Gasteiger charge is -2.15. The molecule has 25 heavy (non-hydrogen) atoms. The van der Waals surface area contributed by atoms with Crippen molar-refractivity contribution in [3.8, 4) is 11.1 Å². The van der Waals surface area contributed by atoms with Gasteiger partial charge in [0.1, 0.15) is 17.4 Å². The van der Waals surface area contributed by atoms with Gasteiger partial charge in [-0.15, -0.1) is 0 Å². The van der Waals surface area contributed by atoms with Crippen LogP contribution in [0, 0.1) is 20.8 Å². The monoisotopic (exact) mass is 338 g/mol. The molecule has 2 N–H and O–H groups in total. The van der Waals surface area contributed by atoms with E-state index in [1.165, 1.54) is 22.3 Å². The molecular formula is C20H26N4O. The van der Waals surface area contributed by atoms with Gasteiger partial charge in [-0.25, -0.2) is 9.97 Å². The number of nitrogens with one attached hydrogen (secondary N) is 1. The molecule has 0 saturated heterocycles. The first-order chi connectivity index (χ1) is 12.0. The van der Waals surface area contributed by atoms with Gasteiger partial charge < -0.3 is 15.0 Å². The van der Waals surface area contributed by atoms with Crippen LogP contribution < -0.4 is 5.32 Å². The summed E-state index contributed by atoms with van der Waals surface area (Å²) in [4.78, 5) is 8.98. The maximum Gasteiger partial charge on any atom is 0.154 e. The van der Waals surface area contributed by atoms with E-state index < -0.39 is 0 Å². The smallest absolute Gasteiger partial charge is 0.154 e. The van der Waals surface area contributed by atoms with E-state index >= 15 is 0 Å². The van der Waals surface area contributed by atoms with Crippen molar-refractivity contribution in [1.82, 2.24) is 14.5 Å². The Morgan fingerprint density at radius 1 is 1.16 bits per heavy atom. The van der Waals surface area contributed by atoms with Gasteiger partial charge in [-0.3, -0.25) is 0 Å². The number of aromatic nitrogens is 3. The predicted molar refractivity (Wildman–Crippen MR) is 103 cm³/mol. The zero-order valence-corrected chi connectivity index (χ0v) is 15.6. The van der Waals surface area contributed by atoms with Crippen molar-refractivity contribution in [2.24, 2.45) is 7.05 Å². The van der Waals surface area contributed by atoms with Crippen molar-refractivity contribution in [2.45, 2.75) is 40.2 Å². The van der Waals surface area contributed by atoms with E-state index in [2.05, 4.69) is 59.0 Å². The van der Waals surface area contributed by atoms with Crippen molar-refractivity contribution >= 4 is 16.9 Å². The average Bonchev–Trinajstić information content (AvgIpc) is 2.89. The molecule has 3 aromatic rings. The van der Waals surface area contributed by atoms with Crippen molar-refractivity contribution in [1.29, 1.82) is 0 Å². The fourth-order valence-electron chi connectivity index (χ4n) is 3.59. The van der Waals surface area contributed by atoms with Crippen LogP contribution in [0.15, 0.2) is 24.7 Å². The highest BCUT2D eigenvalue weighted by atomic mass is 16.3. The van der Waals surface area contributed by atoms with Crippen LogP contribution in [0.4, 0.5) is 5.82 Å². The van der Waals surface area contributed by atoms with Crippen LogP contribution in [0.5, 0.6) is 0 Å². The van der Waals surface area contributed by atoms with Gasteiger partial charge in [0.05, 0.1) is 12.6 Å². The molecule has 0 fully saturated rings. The van der Waals surface area contributed by atoms with E-state index in [1.54, 1.807) is 6.33 Å². The van der Waals surface area contributed by atoms with Gasteiger partial charge in [-0.05, 0) is 43.9 Å². The van der Waals surface area contributed by atoms with E-state index in [-0.39, 0.29) is 12.6 Å². The highest BCUT2D eigenvalue weighted by Crippen LogP contribution is 2.35. The molecule has 0 bridgehead atoms. The summed E-state index contributed by atoms with van der Waals surface area (Å²) < 4.78 is 2.07. The van der Waals surface area contributed by atoms with Crippen LogP contribution in [0.25, 0.3) is 22.2 Å². The molecule has 0 aliphatic heterocycles. The maximum absolute atomic E-state index is 9.50. The van der Waals surface area contributed by atoms with Gasteiger partial charge in [-0.2, -0.15) is 0 Å². The summed E-state index contributed by atoms with van der Waals surface area (Å²) in [5, 5.41) is 12.8. The number of nitrogens with zero attached hydrogens (tertiary/aromatic N) is 3. The topological polar surface area (TPSA) is 63.0 Å². The van der Waals surface area contributed by atoms with Crippen molar-refractivity contribution in [2.75, 3.05) is 11.9 Å². The quantitative estimate of drug-likeness (QED) is 0.744. The predicted octanol–water partition coefficient (Wildman–Crippen LogP) is 3.74. The van der Waals surface area contributed by atoms with Crippen LogP contribution in [-0.2, 0) is 7.05 Å². The van der Waals surface area contributed by atoms with Crippen LogP contribution in [0.3, 0.4) is 0 Å². The highest BCUT2D eigenvalue weighted by Gasteiger charge is 2.18. The van der Waals surface area contributed by atoms with Gasteiger partial charge in [-0.1, -0.05) is 24.6 Å². The third-order valence-corrected chi connectivity index (χ3v) is 4.75. The summed E-state index contributed by atoms with van der Waals surface area (Å²) in [6.45, 7) is 8.54. The van der Waals surface area contributed by atoms with Crippen molar-refractivity contribution < 1.29 is 5.11 Å². The number of fused-ring (bicyclic) bond motifs is 1. The Morgan fingerprint density at radius 2 is 1.84 bits per heavy atom. The molecule has 3 rings (SSSR count). The number of hydrogen-bond donors (Lipinski definition) is 2. The van der Waals surface area contributed by atoms with Crippen molar-refractivity contribution in [3.05, 3.63) is 41.3 Å². The number of hydrogen-bond acceptors (Lipinski definition) is 4. The van der Waals surface area contributed by atoms with Gasteiger partial charge in [0.15, 0.2) is 5.82 Å². The summed E-state index contributed by atoms with van der Waals surface area (Å²) in [6.07, 6.45) is 4.54. The number of aliphatic hydroxyl groups excluding tert-OH is 1. The number of rotatable bonds is 5. The van der Waals surface area contributed by atoms with E-state index in [4.69, 9.17) is 0 Å². The molecule has 5 heteroatoms. The van der Waals surface area contributed by atoms with E-state index in [1.807, 2.05) is 14.0 Å². The third-order valence-electron chi connectivity index (χ3n) is 4.75. The Kier molecular flexibility index (Phi) is 4.77. The fourth-order valence-corrected chi connectivity index (χ4v) is 3.59. The largest absolute Gasteiger partial charge is 0.394 e. The first kappa shape index (κ1) is 17.4. The molecule has 0 radical (unpaired) electrons. The Morgan fingerprint density at radius 3 is 2.44 bits per heavy atom. The molecule has 2 heterocycles. The summed E-state index contributed by atoms with van der Waals surface area (Å²) >= 11 is 0. The second-order valence-corrected chi connectivity index (χ2v) is 6.78. The molecule has 5 nitrogen and oxygen atoms in total. The lowest BCUT2D eigenvalue weighted by atomic mass is 9.95. The molecule has 1 atom stereocenters. The van der Waals surface area contributed by atoms with Crippen molar-refractivity contribution in [3.63, 3.8) is 0 Å². The van der Waals surface area contributed by atoms with E-state index in [9.17, 15) is 5.11 Å². The molecule has 132 valence electrons. The van der Waals surface area contributed by atoms with E-state index in [0.717, 1.165) is 28.8 Å². The van der Waals surface area contributed by atoms with Gasteiger partial charge in [0.2, 0.25) is 0 Å². The van der Waals surface area contributed by atoms with Crippen LogP contribution in [-0.4, -0.2) is 32.3 Å². The Labute approximate surface area is 148 Å². The first-order valence-corrected chi connectivity index (χ1v) is 8.71. The minimum absolute atomic E-state index is 0.0145. The summed E-state index contributed by atoms with van der Waals surface area (Å²) in [5.41, 5.74) is 8.01. The molecule has 0 saturated carbocycles. The SMILES string of the molecule is CCC(CO)Nc1ncnc2c(-c3c(C)cc(C)cc3C)cn(C)c12. The Hall–Kier alpha value is -2.40. The number of aliphatic hydroxyl groups is 1. The zero-order valence-electron chi connectivity index (χ0n) is 15.6. The number of aryl methyl sites for hydroxylation is 4. The van der Waals surface area contributed by atoms with E-state index in [0.29, 0.717) is 0 Å². The molecule has 0 aliphatic rings. The molecule has 1 unspecified atom stereocenters. The Balaban J connectivity index is 2.20. The number of benzene rings is 1. The van der Waals surface area contributed by atoms with Gasteiger partial charge >= 0.3 is 0 Å². The van der Waals surface area contributed by atoms with Crippen LogP contribution >= 0.6 is 0 Å². The molecule has 0 amide bonds. The number of anilines is 1. The molecule has 0 aliphatic carbocycles. The normalized spacial score (nSPS) is 12.6. The fraction of sp³-hybridized carbons (Fsp3) is 0.400. The lowest BCUT2D eigenvalue weighted by Crippen LogP contribution is -2.23. The van der Waals surface area contributed by atoms with Gasteiger partial charge in [0.25, 0.3) is 0 Å². The average molecular weight is 338 g/mol. The molecule has 2 aromatic heterocycles. The Bertz CT molecular complexity index is 886. The standard InChI is InChI=1S/C20H26N4O/c1-6-15(10-25)23-20-19-18(21-11-22-20)16(9-24(19)5)17-13(3)7-12(2)8-14(17)4/h7-9,11,15,25H,6,10H2,1-5H3,(H,21,22,23). The second kappa shape index (κ2) is 6.84. The molecule has 1 aromatic carbocycles. The van der Waals surface area contributed by atoms with Gasteiger partial charge in [0, 0.05) is 18.8 Å². The van der Waals surface area contributed by atoms with Crippen LogP contribution in [0.1, 0.15) is 30.0 Å². The second-order valence-electron chi connectivity index (χ2n) is 6.78. The summed E-state index contributed by atoms with van der Waals surface area (Å²) in [7, 11) is 2.01. The lowest BCUT2D eigenvalue weighted by molar-refractivity contribution is 0.271. The maximum atomic E-state index is 9.50. The molecule has 0 spiro atoms. The first-order valence-electron chi connectivity index (χ1n) is 8.71. The minimum Gasteiger partial charge on any atom is -0.394 e. The summed E-state index contributed by atoms with van der Waals surface area (Å²) in [6, 6.07) is 4.40. The minimum atomic E-state index is -0.0145. The molecular weight excluding hydrogens is 312 g/mol. The summed E-state index contributed by atoms with van der Waals surface area (Å²) in [5.74, 6) is 0.766. The van der Waals surface area contributed by atoms with Crippen LogP contribution in [0.2, 0.25) is 0 Å². The zero-order chi connectivity index (χ0) is 18.1. The highest BCUT2D eigenvalue weighted by molar-refractivity contribution is 5.99. The third kappa shape index (κ3) is 3.12.